The van der Waals surface area contributed by atoms with Crippen LogP contribution in [0.3, 0.4) is 0 Å². The van der Waals surface area contributed by atoms with Gasteiger partial charge in [0.25, 0.3) is 0 Å². The number of aryl methyl sites for hydroxylation is 1. The topological polar surface area (TPSA) is 12.9 Å². The van der Waals surface area contributed by atoms with Crippen LogP contribution in [0.15, 0.2) is 42.6 Å². The van der Waals surface area contributed by atoms with Crippen molar-refractivity contribution in [1.29, 1.82) is 0 Å². The second-order valence-corrected chi connectivity index (χ2v) is 6.17. The molecule has 0 saturated heterocycles. The van der Waals surface area contributed by atoms with E-state index >= 15 is 0 Å². The van der Waals surface area contributed by atoms with Crippen LogP contribution in [0.1, 0.15) is 28.3 Å². The van der Waals surface area contributed by atoms with Crippen LogP contribution in [0.4, 0.5) is 0 Å². The predicted molar refractivity (Wildman–Crippen MR) is 78.3 cm³/mol. The van der Waals surface area contributed by atoms with E-state index in [2.05, 4.69) is 58.2 Å². The number of aromatic nitrogens is 1. The minimum Gasteiger partial charge on any atom is -0.261 e. The zero-order valence-corrected chi connectivity index (χ0v) is 12.0. The molecule has 18 heavy (non-hydrogen) atoms. The highest BCUT2D eigenvalue weighted by Gasteiger charge is 2.31. The molecule has 3 rings (SSSR count). The first-order valence-corrected chi connectivity index (χ1v) is 7.29. The molecule has 92 valence electrons. The van der Waals surface area contributed by atoms with Crippen LogP contribution in [-0.2, 0) is 12.8 Å². The van der Waals surface area contributed by atoms with Gasteiger partial charge in [0.1, 0.15) is 0 Å². The van der Waals surface area contributed by atoms with E-state index in [-0.39, 0.29) is 0 Å². The molecule has 2 aromatic rings. The molecular formula is C16H16BrN. The van der Waals surface area contributed by atoms with Crippen LogP contribution in [0, 0.1) is 6.92 Å². The van der Waals surface area contributed by atoms with Gasteiger partial charge in [-0.05, 0) is 36.1 Å². The molecule has 1 nitrogen and oxygen atoms in total. The highest BCUT2D eigenvalue weighted by molar-refractivity contribution is 9.09. The average Bonchev–Trinajstić information content (AvgIpc) is 2.34. The Labute approximate surface area is 116 Å². The van der Waals surface area contributed by atoms with Crippen molar-refractivity contribution in [3.63, 3.8) is 0 Å². The highest BCUT2D eigenvalue weighted by atomic mass is 79.9. The molecule has 1 aromatic heterocycles. The fourth-order valence-electron chi connectivity index (χ4n) is 2.68. The Balaban J connectivity index is 1.75. The third-order valence-electron chi connectivity index (χ3n) is 3.84. The SMILES string of the molecule is Cc1cccnc1CC(Br)C1Cc2ccccc21. The van der Waals surface area contributed by atoms with Gasteiger partial charge in [0.15, 0.2) is 0 Å². The lowest BCUT2D eigenvalue weighted by Gasteiger charge is -2.34. The maximum Gasteiger partial charge on any atom is 0.0444 e. The van der Waals surface area contributed by atoms with Gasteiger partial charge < -0.3 is 0 Å². The molecule has 0 saturated carbocycles. The lowest BCUT2D eigenvalue weighted by atomic mass is 9.75. The first-order chi connectivity index (χ1) is 8.75. The number of rotatable bonds is 3. The normalized spacial score (nSPS) is 18.9. The predicted octanol–water partition coefficient (Wildman–Crippen LogP) is 4.04. The number of halogens is 1. The summed E-state index contributed by atoms with van der Waals surface area (Å²) in [5.74, 6) is 0.641. The van der Waals surface area contributed by atoms with Crippen LogP contribution < -0.4 is 0 Å². The third-order valence-corrected chi connectivity index (χ3v) is 4.80. The van der Waals surface area contributed by atoms with Crippen molar-refractivity contribution in [2.75, 3.05) is 0 Å². The summed E-state index contributed by atoms with van der Waals surface area (Å²) < 4.78 is 0. The summed E-state index contributed by atoms with van der Waals surface area (Å²) in [6.07, 6.45) is 4.08. The number of fused-ring (bicyclic) bond motifs is 1. The monoisotopic (exact) mass is 301 g/mol. The second kappa shape index (κ2) is 4.85. The van der Waals surface area contributed by atoms with E-state index in [4.69, 9.17) is 0 Å². The van der Waals surface area contributed by atoms with Gasteiger partial charge in [0.2, 0.25) is 0 Å². The van der Waals surface area contributed by atoms with E-state index in [1.165, 1.54) is 28.8 Å². The molecule has 2 atom stereocenters. The van der Waals surface area contributed by atoms with Gasteiger partial charge in [-0.25, -0.2) is 0 Å². The summed E-state index contributed by atoms with van der Waals surface area (Å²) in [6.45, 7) is 2.14. The molecule has 0 spiro atoms. The van der Waals surface area contributed by atoms with E-state index in [0.29, 0.717) is 10.7 Å². The summed E-state index contributed by atoms with van der Waals surface area (Å²) in [7, 11) is 0. The van der Waals surface area contributed by atoms with Crippen LogP contribution in [-0.4, -0.2) is 9.81 Å². The smallest absolute Gasteiger partial charge is 0.0444 e. The Bertz CT molecular complexity index is 565. The number of hydrogen-bond acceptors (Lipinski definition) is 1. The van der Waals surface area contributed by atoms with Crippen molar-refractivity contribution in [1.82, 2.24) is 4.98 Å². The van der Waals surface area contributed by atoms with E-state index < -0.39 is 0 Å². The van der Waals surface area contributed by atoms with E-state index in [1.807, 2.05) is 12.3 Å². The average molecular weight is 302 g/mol. The third kappa shape index (κ3) is 2.10. The fraction of sp³-hybridized carbons (Fsp3) is 0.312. The molecule has 2 unspecified atom stereocenters. The Morgan fingerprint density at radius 3 is 2.89 bits per heavy atom. The van der Waals surface area contributed by atoms with Crippen molar-refractivity contribution in [2.45, 2.75) is 30.5 Å². The lowest BCUT2D eigenvalue weighted by Crippen LogP contribution is -2.27. The highest BCUT2D eigenvalue weighted by Crippen LogP contribution is 2.41. The standard InChI is InChI=1S/C16H16BrN/c1-11-5-4-8-18-16(11)10-15(17)14-9-12-6-2-3-7-13(12)14/h2-8,14-15H,9-10H2,1H3. The maximum atomic E-state index is 4.49. The van der Waals surface area contributed by atoms with Gasteiger partial charge >= 0.3 is 0 Å². The summed E-state index contributed by atoms with van der Waals surface area (Å²) in [4.78, 5) is 4.97. The summed E-state index contributed by atoms with van der Waals surface area (Å²) in [5.41, 5.74) is 5.51. The molecule has 0 fully saturated rings. The van der Waals surface area contributed by atoms with E-state index in [9.17, 15) is 0 Å². The van der Waals surface area contributed by atoms with E-state index in [1.54, 1.807) is 0 Å². The molecule has 0 amide bonds. The molecule has 0 N–H and O–H groups in total. The molecule has 0 bridgehead atoms. The van der Waals surface area contributed by atoms with Crippen LogP contribution in [0.25, 0.3) is 0 Å². The number of alkyl halides is 1. The first-order valence-electron chi connectivity index (χ1n) is 6.38. The molecule has 2 heteroatoms. The Morgan fingerprint density at radius 2 is 2.11 bits per heavy atom. The zero-order valence-electron chi connectivity index (χ0n) is 10.4. The summed E-state index contributed by atoms with van der Waals surface area (Å²) in [5, 5.41) is 0. The van der Waals surface area contributed by atoms with Crippen molar-refractivity contribution in [2.24, 2.45) is 0 Å². The minimum atomic E-state index is 0.487. The molecule has 1 aromatic carbocycles. The molecular weight excluding hydrogens is 286 g/mol. The molecule has 1 aliphatic rings. The van der Waals surface area contributed by atoms with Crippen molar-refractivity contribution in [3.8, 4) is 0 Å². The van der Waals surface area contributed by atoms with Crippen LogP contribution >= 0.6 is 15.9 Å². The zero-order chi connectivity index (χ0) is 12.5. The van der Waals surface area contributed by atoms with E-state index in [0.717, 1.165) is 6.42 Å². The van der Waals surface area contributed by atoms with Crippen LogP contribution in [0.2, 0.25) is 0 Å². The number of pyridine rings is 1. The van der Waals surface area contributed by atoms with Gasteiger partial charge in [-0.2, -0.15) is 0 Å². The summed E-state index contributed by atoms with van der Waals surface area (Å²) in [6, 6.07) is 12.9. The molecule has 1 aliphatic carbocycles. The second-order valence-electron chi connectivity index (χ2n) is 5.00. The molecule has 0 aliphatic heterocycles. The summed E-state index contributed by atoms with van der Waals surface area (Å²) >= 11 is 3.86. The largest absolute Gasteiger partial charge is 0.261 e. The number of hydrogen-bond donors (Lipinski definition) is 0. The van der Waals surface area contributed by atoms with Gasteiger partial charge in [-0.3, -0.25) is 4.98 Å². The quantitative estimate of drug-likeness (QED) is 0.780. The Hall–Kier alpha value is -1.15. The van der Waals surface area contributed by atoms with Gasteiger partial charge in [0, 0.05) is 29.1 Å². The van der Waals surface area contributed by atoms with Crippen molar-refractivity contribution >= 4 is 15.9 Å². The minimum absolute atomic E-state index is 0.487. The number of benzene rings is 1. The first kappa shape index (κ1) is 11.9. The van der Waals surface area contributed by atoms with Crippen LogP contribution in [0.5, 0.6) is 0 Å². The van der Waals surface area contributed by atoms with Gasteiger partial charge in [-0.15, -0.1) is 0 Å². The fourth-order valence-corrected chi connectivity index (χ4v) is 3.46. The molecule has 0 radical (unpaired) electrons. The lowest BCUT2D eigenvalue weighted by molar-refractivity contribution is 0.576. The van der Waals surface area contributed by atoms with Gasteiger partial charge in [0.05, 0.1) is 0 Å². The Kier molecular flexibility index (Phi) is 3.21. The maximum absolute atomic E-state index is 4.49. The van der Waals surface area contributed by atoms with Crippen molar-refractivity contribution < 1.29 is 0 Å². The molecule has 1 heterocycles. The van der Waals surface area contributed by atoms with Gasteiger partial charge in [-0.1, -0.05) is 46.3 Å². The number of nitrogens with zero attached hydrogens (tertiary/aromatic N) is 1. The van der Waals surface area contributed by atoms with Crippen molar-refractivity contribution in [3.05, 3.63) is 65.0 Å². The Morgan fingerprint density at radius 1 is 1.28 bits per heavy atom.